The second-order valence-corrected chi connectivity index (χ2v) is 37.2. The van der Waals surface area contributed by atoms with Gasteiger partial charge in [-0.15, -0.1) is 11.8 Å². The summed E-state index contributed by atoms with van der Waals surface area (Å²) in [5.41, 5.74) is 13.4. The Hall–Kier alpha value is -14.1. The lowest BCUT2D eigenvalue weighted by atomic mass is 9.97. The van der Waals surface area contributed by atoms with Crippen LogP contribution < -0.4 is 64.6 Å². The summed E-state index contributed by atoms with van der Waals surface area (Å²) in [6.07, 6.45) is 1.82. The van der Waals surface area contributed by atoms with Crippen molar-refractivity contribution in [3.05, 3.63) is 120 Å². The number of para-hydroxylation sites is 2. The Bertz CT molecular complexity index is 5480. The lowest BCUT2D eigenvalue weighted by Gasteiger charge is -2.38. The van der Waals surface area contributed by atoms with E-state index < -0.39 is 286 Å². The van der Waals surface area contributed by atoms with Crippen molar-refractivity contribution in [2.75, 3.05) is 58.4 Å². The van der Waals surface area contributed by atoms with Crippen LogP contribution in [0.3, 0.4) is 0 Å². The molecule has 3 aromatic carbocycles. The number of aliphatic hydroxyl groups excluding tert-OH is 2. The number of hydrogen-bond donors (Lipinski definition) is 19. The highest BCUT2D eigenvalue weighted by molar-refractivity contribution is 8.00. The number of piperidine rings is 1. The highest BCUT2D eigenvalue weighted by atomic mass is 32.2. The SMILES string of the molecule is CCCC[C@H]1C(=O)N(C)[C@@H](CCCC)C(=O)N[C@@H](CC(C)C)C(=O)N[C@H](C(=O)NCC(N)=O)CSCC(=O)N[C@@H](Cc2ccc(O)cc2)C(=O)N2CCCC[C@H]2C(=O)N[C@@H](CC(=O)O)C(=O)N2CCC[C@H]2C(=O)N[C@@H](Cc2cnc[nH]2)C(=O)N[C@@H](CCC(N)=O)C(=O)N2C[C@H](O)C[C@H]2C(=O)N[C@@H](Cc2c[nH]c3ccccc23)C(=O)N[C@@H](CO)C(=O)N[C@@H](Cc2cn(CC(=O)O)c3ccccc23)C(=O)N1C. The summed E-state index contributed by atoms with van der Waals surface area (Å²) in [6, 6.07) is -3.96. The molecule has 6 aromatic rings. The number of nitrogens with two attached hydrogens (primary N) is 2. The molecule has 7 heterocycles. The molecule has 4 aliphatic rings. The molecule has 10 rings (SSSR count). The van der Waals surface area contributed by atoms with Crippen LogP contribution in [0.15, 0.2) is 97.7 Å². The van der Waals surface area contributed by atoms with E-state index in [4.69, 9.17) is 11.5 Å². The van der Waals surface area contributed by atoms with Crippen molar-refractivity contribution in [1.29, 1.82) is 0 Å². The monoisotopic (exact) mass is 1970 g/mol. The van der Waals surface area contributed by atoms with E-state index in [-0.39, 0.29) is 81.8 Å². The van der Waals surface area contributed by atoms with Crippen molar-refractivity contribution in [3.63, 3.8) is 0 Å². The Kier molecular flexibility index (Phi) is 39.4. The Morgan fingerprint density at radius 3 is 1.74 bits per heavy atom. The number of nitrogens with one attached hydrogen (secondary N) is 12. The summed E-state index contributed by atoms with van der Waals surface area (Å²) in [6.45, 7) is 3.74. The van der Waals surface area contributed by atoms with Gasteiger partial charge in [0.2, 0.25) is 100 Å². The molecular formula is C94H127N21O24S. The lowest BCUT2D eigenvalue weighted by Crippen LogP contribution is -2.62. The van der Waals surface area contributed by atoms with E-state index in [1.54, 1.807) is 68.6 Å². The number of carboxylic acids is 2. The first kappa shape index (κ1) is 108. The van der Waals surface area contributed by atoms with Gasteiger partial charge in [0, 0.05) is 124 Å². The number of imidazole rings is 1. The van der Waals surface area contributed by atoms with Crippen molar-refractivity contribution in [2.45, 2.75) is 253 Å². The average Bonchev–Trinajstić information content (AvgIpc) is 1.60. The maximum atomic E-state index is 15.9. The van der Waals surface area contributed by atoms with Crippen molar-refractivity contribution in [2.24, 2.45) is 17.4 Å². The molecule has 0 unspecified atom stereocenters. The molecule has 4 saturated heterocycles. The maximum Gasteiger partial charge on any atom is 0.323 e. The number of phenolic OH excluding ortho intramolecular Hbond substituents is 1. The number of aromatic nitrogens is 4. The van der Waals surface area contributed by atoms with Crippen LogP contribution in [0.2, 0.25) is 0 Å². The molecule has 4 aliphatic heterocycles. The first-order valence-corrected chi connectivity index (χ1v) is 48.1. The van der Waals surface area contributed by atoms with Gasteiger partial charge in [-0.1, -0.05) is 102 Å². The fourth-order valence-corrected chi connectivity index (χ4v) is 18.9. The number of primary amides is 2. The number of likely N-dealkylation sites (N-methyl/N-ethyl adjacent to an activating group) is 2. The first-order chi connectivity index (χ1) is 66.8. The number of aliphatic carboxylic acids is 2. The second kappa shape index (κ2) is 51.0. The fourth-order valence-electron chi connectivity index (χ4n) is 18.0. The zero-order valence-electron chi connectivity index (χ0n) is 79.0. The molecule has 17 amide bonds. The fraction of sp³-hybridized carbons (Fsp3) is 0.532. The average molecular weight is 1970 g/mol. The number of H-pyrrole nitrogens is 2. The largest absolute Gasteiger partial charge is 0.508 e. The predicted molar refractivity (Wildman–Crippen MR) is 506 cm³/mol. The standard InChI is InChI=1S/C94H127N21O24S/c1-7-9-21-71-86(131)103-62(34-51(3)4)82(127)109-69(81(126)99-43-77(96)120)48-140-49-78(121)101-65(35-52-26-28-56(117)29-27-52)92(137)113-32-16-15-24-72(113)88(133)107-67(40-79(122)123)93(138)114-33-17-25-73(114)87(132)105-64(38-55-42-97-50-100-55)84(129)102-61(30-31-76(95)119)91(136)115-45-57(118)39-75(115)89(134)104-63(36-53-41-98-60-20-13-11-18-58(53)60)83(128)108-68(47-116)85(130)106-66(90(135)111(6)74(22-10-8-2)94(139)110(71)5)37-54-44-112(46-80(124)125)70-23-14-12-19-59(54)70/h11-14,18-20,23,26-29,41-42,44,50-51,57,61-69,71-75,98,116-118H,7-10,15-17,21-22,24-25,30-40,43,45-49H2,1-6H3,(H2,95,119)(H2,96,120)(H,97,100)(H,99,126)(H,101,121)(H,102,129)(H,103,131)(H,104,134)(H,105,132)(H,106,130)(H,107,133)(H,108,128)(H,109,127)(H,122,123)(H,124,125)/t57-,61+,62+,63+,64+,65+,66+,67+,68+,69+,71+,72+,73+,74+,75+/m1/s1. The van der Waals surface area contributed by atoms with Crippen LogP contribution in [0.4, 0.5) is 0 Å². The van der Waals surface area contributed by atoms with Crippen LogP contribution >= 0.6 is 11.8 Å². The molecule has 0 saturated carbocycles. The molecule has 21 N–H and O–H groups in total. The predicted octanol–water partition coefficient (Wildman–Crippen LogP) is -2.24. The van der Waals surface area contributed by atoms with Gasteiger partial charge in [0.25, 0.3) is 0 Å². The van der Waals surface area contributed by atoms with E-state index in [9.17, 15) is 68.7 Å². The van der Waals surface area contributed by atoms with E-state index in [0.29, 0.717) is 70.6 Å². The molecule has 0 spiro atoms. The van der Waals surface area contributed by atoms with E-state index in [0.717, 1.165) is 31.4 Å². The summed E-state index contributed by atoms with van der Waals surface area (Å²) in [4.78, 5) is 292. The highest BCUT2D eigenvalue weighted by Gasteiger charge is 2.48. The smallest absolute Gasteiger partial charge is 0.323 e. The molecule has 140 heavy (non-hydrogen) atoms. The number of carbonyl (C=O) groups is 19. The van der Waals surface area contributed by atoms with E-state index in [2.05, 4.69) is 68.1 Å². The van der Waals surface area contributed by atoms with Gasteiger partial charge in [0.15, 0.2) is 0 Å². The van der Waals surface area contributed by atoms with Gasteiger partial charge in [-0.05, 0) is 105 Å². The van der Waals surface area contributed by atoms with E-state index in [1.807, 2.05) is 13.8 Å². The zero-order valence-corrected chi connectivity index (χ0v) is 79.8. The van der Waals surface area contributed by atoms with Gasteiger partial charge in [-0.2, -0.15) is 0 Å². The van der Waals surface area contributed by atoms with Gasteiger partial charge in [0.05, 0.1) is 37.8 Å². The van der Waals surface area contributed by atoms with E-state index in [1.165, 1.54) is 66.5 Å². The number of unbranched alkanes of at least 4 members (excludes halogenated alkanes) is 2. The van der Waals surface area contributed by atoms with Crippen LogP contribution in [-0.2, 0) is 123 Å². The minimum Gasteiger partial charge on any atom is -0.508 e. The van der Waals surface area contributed by atoms with Gasteiger partial charge < -0.3 is 129 Å². The Morgan fingerprint density at radius 2 is 1.10 bits per heavy atom. The number of phenols is 1. The molecule has 0 radical (unpaired) electrons. The quantitative estimate of drug-likeness (QED) is 0.0259. The van der Waals surface area contributed by atoms with Gasteiger partial charge in [0.1, 0.15) is 96.9 Å². The van der Waals surface area contributed by atoms with E-state index >= 15 is 47.9 Å². The number of nitrogens with zero attached hydrogens (tertiary/aromatic N) is 7. The number of aliphatic hydroxyl groups is 2. The topological polar surface area (TPSA) is 663 Å². The molecule has 45 nitrogen and oxygen atoms in total. The van der Waals surface area contributed by atoms with Gasteiger partial charge in [-0.3, -0.25) is 91.1 Å². The molecule has 0 aliphatic carbocycles. The highest BCUT2D eigenvalue weighted by Crippen LogP contribution is 2.30. The number of benzene rings is 3. The first-order valence-electron chi connectivity index (χ1n) is 46.9. The number of aromatic amines is 2. The number of carbonyl (C=O) groups excluding carboxylic acids is 17. The van der Waals surface area contributed by atoms with Crippen LogP contribution in [0.1, 0.15) is 153 Å². The molecule has 15 atom stereocenters. The molecular weight excluding hydrogens is 1840 g/mol. The van der Waals surface area contributed by atoms with Crippen LogP contribution in [-0.4, -0.2) is 331 Å². The molecule has 0 bridgehead atoms. The van der Waals surface area contributed by atoms with Crippen molar-refractivity contribution in [1.82, 2.24) is 97.2 Å². The van der Waals surface area contributed by atoms with Crippen molar-refractivity contribution in [3.8, 4) is 5.75 Å². The van der Waals surface area contributed by atoms with Crippen LogP contribution in [0.25, 0.3) is 21.8 Å². The number of fused-ring (bicyclic) bond motifs is 5. The number of aromatic hydroxyl groups is 1. The summed E-state index contributed by atoms with van der Waals surface area (Å²) in [7, 11) is 2.62. The summed E-state index contributed by atoms with van der Waals surface area (Å²) < 4.78 is 1.40. The Balaban J connectivity index is 1.04. The van der Waals surface area contributed by atoms with Gasteiger partial charge in [-0.25, -0.2) is 4.98 Å². The van der Waals surface area contributed by atoms with Crippen molar-refractivity contribution < 1.29 is 117 Å². The number of rotatable bonds is 27. The third-order valence-corrected chi connectivity index (χ3v) is 26.3. The lowest BCUT2D eigenvalue weighted by molar-refractivity contribution is -0.149. The number of hydrogen-bond acceptors (Lipinski definition) is 24. The number of thioether (sulfide) groups is 1. The molecule has 46 heteroatoms. The molecule has 758 valence electrons. The van der Waals surface area contributed by atoms with Crippen molar-refractivity contribution >= 4 is 146 Å². The third-order valence-electron chi connectivity index (χ3n) is 25.3. The third kappa shape index (κ3) is 29.3. The minimum atomic E-state index is -2.00. The normalized spacial score (nSPS) is 24.8. The van der Waals surface area contributed by atoms with Gasteiger partial charge >= 0.3 is 11.9 Å². The number of carboxylic acid groups (broad SMARTS) is 2. The summed E-state index contributed by atoms with van der Waals surface area (Å²) in [5.74, 6) is -21.1. The Morgan fingerprint density at radius 1 is 0.543 bits per heavy atom. The second-order valence-electron chi connectivity index (χ2n) is 36.2. The maximum absolute atomic E-state index is 15.9. The summed E-state index contributed by atoms with van der Waals surface area (Å²) in [5, 5.41) is 80.7. The molecule has 4 fully saturated rings. The van der Waals surface area contributed by atoms with Crippen LogP contribution in [0, 0.1) is 5.92 Å². The van der Waals surface area contributed by atoms with Crippen LogP contribution in [0.5, 0.6) is 5.75 Å². The Labute approximate surface area is 810 Å². The summed E-state index contributed by atoms with van der Waals surface area (Å²) >= 11 is 0.779. The number of amides is 17. The zero-order chi connectivity index (χ0) is 102. The molecule has 3 aromatic heterocycles. The minimum absolute atomic E-state index is 0.0258.